The molecule has 1 heterocycles. The molecule has 0 saturated carbocycles. The van der Waals surface area contributed by atoms with E-state index in [1.54, 1.807) is 6.07 Å². The van der Waals surface area contributed by atoms with Crippen molar-refractivity contribution in [3.8, 4) is 11.3 Å². The SMILES string of the molecule is CC1Cc2ccc(-c3cc(N)on3)cc2C1. The van der Waals surface area contributed by atoms with Crippen molar-refractivity contribution in [1.29, 1.82) is 0 Å². The highest BCUT2D eigenvalue weighted by Gasteiger charge is 2.18. The summed E-state index contributed by atoms with van der Waals surface area (Å²) in [5, 5.41) is 3.93. The van der Waals surface area contributed by atoms with Crippen LogP contribution in [0.3, 0.4) is 0 Å². The van der Waals surface area contributed by atoms with E-state index >= 15 is 0 Å². The Morgan fingerprint density at radius 2 is 2.06 bits per heavy atom. The molecule has 1 aliphatic carbocycles. The Hall–Kier alpha value is -1.77. The average molecular weight is 214 g/mol. The second-order valence-electron chi connectivity index (χ2n) is 4.61. The maximum atomic E-state index is 5.52. The molecule has 2 aromatic rings. The van der Waals surface area contributed by atoms with Crippen LogP contribution in [0.1, 0.15) is 18.1 Å². The highest BCUT2D eigenvalue weighted by atomic mass is 16.5. The zero-order valence-electron chi connectivity index (χ0n) is 9.23. The Morgan fingerprint density at radius 1 is 1.25 bits per heavy atom. The summed E-state index contributed by atoms with van der Waals surface area (Å²) in [6.45, 7) is 2.29. The lowest BCUT2D eigenvalue weighted by atomic mass is 10.0. The Kier molecular flexibility index (Phi) is 1.99. The number of nitrogens with zero attached hydrogens (tertiary/aromatic N) is 1. The van der Waals surface area contributed by atoms with Gasteiger partial charge in [-0.2, -0.15) is 0 Å². The van der Waals surface area contributed by atoms with Gasteiger partial charge < -0.3 is 10.3 Å². The zero-order chi connectivity index (χ0) is 11.1. The molecule has 1 aliphatic rings. The van der Waals surface area contributed by atoms with E-state index in [2.05, 4.69) is 30.3 Å². The third-order valence-electron chi connectivity index (χ3n) is 3.17. The molecule has 1 aromatic carbocycles. The average Bonchev–Trinajstić information content (AvgIpc) is 2.81. The molecule has 3 nitrogen and oxygen atoms in total. The smallest absolute Gasteiger partial charge is 0.222 e. The van der Waals surface area contributed by atoms with Gasteiger partial charge in [-0.25, -0.2) is 0 Å². The lowest BCUT2D eigenvalue weighted by Gasteiger charge is -2.00. The van der Waals surface area contributed by atoms with E-state index in [0.29, 0.717) is 5.88 Å². The molecule has 1 aromatic heterocycles. The summed E-state index contributed by atoms with van der Waals surface area (Å²) in [6.07, 6.45) is 2.35. The number of aromatic nitrogens is 1. The van der Waals surface area contributed by atoms with E-state index in [-0.39, 0.29) is 0 Å². The number of fused-ring (bicyclic) bond motifs is 1. The summed E-state index contributed by atoms with van der Waals surface area (Å²) >= 11 is 0. The summed E-state index contributed by atoms with van der Waals surface area (Å²) in [6, 6.07) is 8.25. The molecule has 0 bridgehead atoms. The van der Waals surface area contributed by atoms with Crippen LogP contribution in [0.5, 0.6) is 0 Å². The van der Waals surface area contributed by atoms with Crippen LogP contribution >= 0.6 is 0 Å². The molecule has 1 unspecified atom stereocenters. The summed E-state index contributed by atoms with van der Waals surface area (Å²) in [4.78, 5) is 0. The largest absolute Gasteiger partial charge is 0.368 e. The van der Waals surface area contributed by atoms with Gasteiger partial charge in [-0.1, -0.05) is 24.2 Å². The van der Waals surface area contributed by atoms with Gasteiger partial charge in [-0.15, -0.1) is 0 Å². The highest BCUT2D eigenvalue weighted by molar-refractivity contribution is 5.63. The first-order valence-corrected chi connectivity index (χ1v) is 5.57. The molecular weight excluding hydrogens is 200 g/mol. The number of nitrogen functional groups attached to an aromatic ring is 1. The van der Waals surface area contributed by atoms with E-state index < -0.39 is 0 Å². The van der Waals surface area contributed by atoms with E-state index in [1.807, 2.05) is 0 Å². The second kappa shape index (κ2) is 3.37. The van der Waals surface area contributed by atoms with Crippen molar-refractivity contribution in [1.82, 2.24) is 5.16 Å². The van der Waals surface area contributed by atoms with Gasteiger partial charge in [0.15, 0.2) is 0 Å². The lowest BCUT2D eigenvalue weighted by Crippen LogP contribution is -1.89. The van der Waals surface area contributed by atoms with Gasteiger partial charge in [-0.05, 0) is 36.0 Å². The fourth-order valence-electron chi connectivity index (χ4n) is 2.42. The van der Waals surface area contributed by atoms with Crippen molar-refractivity contribution < 1.29 is 4.52 Å². The maximum Gasteiger partial charge on any atom is 0.222 e. The first-order chi connectivity index (χ1) is 7.72. The van der Waals surface area contributed by atoms with Gasteiger partial charge in [0.25, 0.3) is 0 Å². The van der Waals surface area contributed by atoms with Gasteiger partial charge in [0.2, 0.25) is 5.88 Å². The standard InChI is InChI=1S/C13H14N2O/c1-8-4-9-2-3-10(6-11(9)5-8)12-7-13(14)16-15-12/h2-3,6-8H,4-5,14H2,1H3. The van der Waals surface area contributed by atoms with E-state index in [4.69, 9.17) is 10.3 Å². The highest BCUT2D eigenvalue weighted by Crippen LogP contribution is 2.30. The number of hydrogen-bond donors (Lipinski definition) is 1. The van der Waals surface area contributed by atoms with Crippen molar-refractivity contribution in [3.05, 3.63) is 35.4 Å². The molecule has 3 heteroatoms. The Bertz CT molecular complexity index is 530. The minimum absolute atomic E-state index is 0.365. The number of anilines is 1. The molecule has 0 amide bonds. The third kappa shape index (κ3) is 1.48. The Morgan fingerprint density at radius 3 is 2.81 bits per heavy atom. The minimum atomic E-state index is 0.365. The van der Waals surface area contributed by atoms with E-state index in [0.717, 1.165) is 23.6 Å². The first-order valence-electron chi connectivity index (χ1n) is 5.57. The number of nitrogens with two attached hydrogens (primary N) is 1. The molecule has 2 N–H and O–H groups in total. The Labute approximate surface area is 94.2 Å². The predicted molar refractivity (Wildman–Crippen MR) is 62.9 cm³/mol. The summed E-state index contributed by atoms with van der Waals surface area (Å²) in [7, 11) is 0. The van der Waals surface area contributed by atoms with Crippen LogP contribution < -0.4 is 5.73 Å². The summed E-state index contributed by atoms with van der Waals surface area (Å²) < 4.78 is 4.89. The fraction of sp³-hybridized carbons (Fsp3) is 0.308. The van der Waals surface area contributed by atoms with Crippen LogP contribution in [0, 0.1) is 5.92 Å². The van der Waals surface area contributed by atoms with Gasteiger partial charge in [0, 0.05) is 11.6 Å². The first kappa shape index (κ1) is 9.46. The van der Waals surface area contributed by atoms with Crippen LogP contribution in [0.25, 0.3) is 11.3 Å². The summed E-state index contributed by atoms with van der Waals surface area (Å²) in [5.74, 6) is 1.12. The molecule has 0 radical (unpaired) electrons. The maximum absolute atomic E-state index is 5.52. The van der Waals surface area contributed by atoms with Gasteiger partial charge in [0.1, 0.15) is 5.69 Å². The number of benzene rings is 1. The van der Waals surface area contributed by atoms with Crippen LogP contribution in [-0.2, 0) is 12.8 Å². The van der Waals surface area contributed by atoms with Crippen molar-refractivity contribution in [2.75, 3.05) is 5.73 Å². The molecule has 82 valence electrons. The van der Waals surface area contributed by atoms with Gasteiger partial charge in [0.05, 0.1) is 0 Å². The van der Waals surface area contributed by atoms with Crippen molar-refractivity contribution >= 4 is 5.88 Å². The number of rotatable bonds is 1. The predicted octanol–water partition coefficient (Wildman–Crippen LogP) is 2.66. The quantitative estimate of drug-likeness (QED) is 0.794. The van der Waals surface area contributed by atoms with Crippen LogP contribution in [0.2, 0.25) is 0 Å². The van der Waals surface area contributed by atoms with Gasteiger partial charge >= 0.3 is 0 Å². The second-order valence-corrected chi connectivity index (χ2v) is 4.61. The lowest BCUT2D eigenvalue weighted by molar-refractivity contribution is 0.439. The molecule has 16 heavy (non-hydrogen) atoms. The minimum Gasteiger partial charge on any atom is -0.368 e. The van der Waals surface area contributed by atoms with E-state index in [9.17, 15) is 0 Å². The summed E-state index contributed by atoms with van der Waals surface area (Å²) in [5.41, 5.74) is 10.3. The van der Waals surface area contributed by atoms with Crippen molar-refractivity contribution in [2.24, 2.45) is 5.92 Å². The molecule has 1 atom stereocenters. The van der Waals surface area contributed by atoms with Crippen LogP contribution in [0.15, 0.2) is 28.8 Å². The normalized spacial score (nSPS) is 18.7. The van der Waals surface area contributed by atoms with Crippen LogP contribution in [-0.4, -0.2) is 5.16 Å². The topological polar surface area (TPSA) is 52.0 Å². The molecule has 0 aliphatic heterocycles. The fourth-order valence-corrected chi connectivity index (χ4v) is 2.42. The van der Waals surface area contributed by atoms with Crippen molar-refractivity contribution in [3.63, 3.8) is 0 Å². The van der Waals surface area contributed by atoms with E-state index in [1.165, 1.54) is 17.5 Å². The number of hydrogen-bond acceptors (Lipinski definition) is 3. The molecule has 0 spiro atoms. The third-order valence-corrected chi connectivity index (χ3v) is 3.17. The zero-order valence-corrected chi connectivity index (χ0v) is 9.23. The molecule has 3 rings (SSSR count). The van der Waals surface area contributed by atoms with Gasteiger partial charge in [-0.3, -0.25) is 0 Å². The Balaban J connectivity index is 2.02. The molecule has 0 fully saturated rings. The van der Waals surface area contributed by atoms with Crippen LogP contribution in [0.4, 0.5) is 5.88 Å². The van der Waals surface area contributed by atoms with Crippen molar-refractivity contribution in [2.45, 2.75) is 19.8 Å². The monoisotopic (exact) mass is 214 g/mol. The molecule has 0 saturated heterocycles. The molecular formula is C13H14N2O.